The van der Waals surface area contributed by atoms with Crippen molar-refractivity contribution in [3.8, 4) is 0 Å². The zero-order chi connectivity index (χ0) is 20.6. The Labute approximate surface area is 182 Å². The fourth-order valence-corrected chi connectivity index (χ4v) is 4.60. The molecule has 1 aromatic rings. The van der Waals surface area contributed by atoms with Crippen LogP contribution in [0.15, 0.2) is 40.6 Å². The molecule has 0 unspecified atom stereocenters. The number of hydrogen-bond donors (Lipinski definition) is 2. The number of benzene rings is 1. The Hall–Kier alpha value is -1.37. The Balaban J connectivity index is 1.86. The minimum atomic E-state index is -0.502. The third kappa shape index (κ3) is 6.06. The number of amides is 1. The monoisotopic (exact) mass is 465 g/mol. The van der Waals surface area contributed by atoms with Crippen molar-refractivity contribution in [2.45, 2.75) is 70.1 Å². The van der Waals surface area contributed by atoms with Gasteiger partial charge in [-0.15, -0.1) is 0 Å². The van der Waals surface area contributed by atoms with E-state index in [-0.39, 0.29) is 30.4 Å². The summed E-state index contributed by atoms with van der Waals surface area (Å²) in [6.07, 6.45) is 8.51. The van der Waals surface area contributed by atoms with Crippen LogP contribution in [-0.2, 0) is 14.3 Å². The van der Waals surface area contributed by atoms with E-state index < -0.39 is 6.29 Å². The number of hydrogen-bond acceptors (Lipinski definition) is 4. The van der Waals surface area contributed by atoms with Crippen LogP contribution in [0, 0.1) is 5.92 Å². The van der Waals surface area contributed by atoms with E-state index in [4.69, 9.17) is 9.47 Å². The summed E-state index contributed by atoms with van der Waals surface area (Å²) >= 11 is 3.49. The van der Waals surface area contributed by atoms with Crippen LogP contribution in [0.5, 0.6) is 0 Å². The molecule has 0 radical (unpaired) electrons. The second-order valence-corrected chi connectivity index (χ2v) is 8.80. The average molecular weight is 466 g/mol. The highest BCUT2D eigenvalue weighted by Gasteiger charge is 2.38. The Morgan fingerprint density at radius 1 is 1.24 bits per heavy atom. The van der Waals surface area contributed by atoms with Crippen LogP contribution in [0.4, 0.5) is 0 Å². The molecule has 1 aromatic carbocycles. The van der Waals surface area contributed by atoms with Gasteiger partial charge in [-0.1, -0.05) is 47.3 Å². The van der Waals surface area contributed by atoms with E-state index >= 15 is 0 Å². The van der Waals surface area contributed by atoms with Crippen LogP contribution in [0.3, 0.4) is 0 Å². The topological polar surface area (TPSA) is 67.8 Å². The van der Waals surface area contributed by atoms with Gasteiger partial charge in [0.1, 0.15) is 0 Å². The zero-order valence-electron chi connectivity index (χ0n) is 17.1. The van der Waals surface area contributed by atoms with Crippen LogP contribution in [-0.4, -0.2) is 36.6 Å². The van der Waals surface area contributed by atoms with Gasteiger partial charge >= 0.3 is 0 Å². The van der Waals surface area contributed by atoms with Gasteiger partial charge in [0, 0.05) is 35.6 Å². The largest absolute Gasteiger partial charge is 0.459 e. The quantitative estimate of drug-likeness (QED) is 0.586. The number of carbonyl (C=O) groups is 1. The van der Waals surface area contributed by atoms with E-state index in [1.54, 1.807) is 0 Å². The molecule has 1 fully saturated rings. The summed E-state index contributed by atoms with van der Waals surface area (Å²) in [6.45, 7) is 2.56. The highest BCUT2D eigenvalue weighted by molar-refractivity contribution is 9.10. The number of aliphatic hydroxyl groups excluding tert-OH is 1. The summed E-state index contributed by atoms with van der Waals surface area (Å²) in [5.41, 5.74) is 1.12. The van der Waals surface area contributed by atoms with Gasteiger partial charge < -0.3 is 19.9 Å². The SMILES string of the molecule is CCO[C@H]1OC(C(=O)NC2CCCCC2)=C[C@@H](c2ccc(Br)cc2)[C@H]1CCCO. The molecular formula is C23H32BrNO4. The number of halogens is 1. The van der Waals surface area contributed by atoms with Crippen molar-refractivity contribution >= 4 is 21.8 Å². The molecule has 1 heterocycles. The average Bonchev–Trinajstić information content (AvgIpc) is 2.74. The first-order valence-corrected chi connectivity index (χ1v) is 11.6. The summed E-state index contributed by atoms with van der Waals surface area (Å²) < 4.78 is 13.0. The van der Waals surface area contributed by atoms with Crippen molar-refractivity contribution in [2.24, 2.45) is 5.92 Å². The predicted molar refractivity (Wildman–Crippen MR) is 116 cm³/mol. The molecule has 29 heavy (non-hydrogen) atoms. The lowest BCUT2D eigenvalue weighted by Gasteiger charge is -2.37. The molecule has 0 saturated heterocycles. The summed E-state index contributed by atoms with van der Waals surface area (Å²) in [6, 6.07) is 8.40. The van der Waals surface area contributed by atoms with Gasteiger partial charge in [-0.05, 0) is 56.4 Å². The van der Waals surface area contributed by atoms with Crippen LogP contribution in [0.1, 0.15) is 63.4 Å². The molecule has 3 rings (SSSR count). The van der Waals surface area contributed by atoms with Gasteiger partial charge in [-0.2, -0.15) is 0 Å². The molecule has 1 amide bonds. The fourth-order valence-electron chi connectivity index (χ4n) is 4.33. The van der Waals surface area contributed by atoms with Crippen molar-refractivity contribution in [2.75, 3.05) is 13.2 Å². The van der Waals surface area contributed by atoms with Crippen molar-refractivity contribution in [1.29, 1.82) is 0 Å². The lowest BCUT2D eigenvalue weighted by molar-refractivity contribution is -0.166. The molecule has 5 nitrogen and oxygen atoms in total. The smallest absolute Gasteiger partial charge is 0.286 e. The zero-order valence-corrected chi connectivity index (χ0v) is 18.7. The third-order valence-corrected chi connectivity index (χ3v) is 6.36. The van der Waals surface area contributed by atoms with Crippen LogP contribution in [0.25, 0.3) is 0 Å². The second kappa shape index (κ2) is 11.1. The van der Waals surface area contributed by atoms with E-state index in [2.05, 4.69) is 33.4 Å². The van der Waals surface area contributed by atoms with Crippen molar-refractivity contribution in [3.63, 3.8) is 0 Å². The summed E-state index contributed by atoms with van der Waals surface area (Å²) in [7, 11) is 0. The van der Waals surface area contributed by atoms with Crippen molar-refractivity contribution < 1.29 is 19.4 Å². The molecule has 160 valence electrons. The summed E-state index contributed by atoms with van der Waals surface area (Å²) in [4.78, 5) is 13.0. The Morgan fingerprint density at radius 3 is 2.62 bits per heavy atom. The first-order valence-electron chi connectivity index (χ1n) is 10.8. The first-order chi connectivity index (χ1) is 14.1. The number of allylic oxidation sites excluding steroid dienone is 1. The molecule has 1 saturated carbocycles. The third-order valence-electron chi connectivity index (χ3n) is 5.83. The van der Waals surface area contributed by atoms with Crippen LogP contribution in [0.2, 0.25) is 0 Å². The fraction of sp³-hybridized carbons (Fsp3) is 0.609. The number of carbonyl (C=O) groups excluding carboxylic acids is 1. The second-order valence-electron chi connectivity index (χ2n) is 7.89. The van der Waals surface area contributed by atoms with Gasteiger partial charge in [0.15, 0.2) is 5.76 Å². The number of aliphatic hydroxyl groups is 1. The maximum absolute atomic E-state index is 13.0. The Kier molecular flexibility index (Phi) is 8.57. The van der Waals surface area contributed by atoms with Gasteiger partial charge in [0.2, 0.25) is 6.29 Å². The normalized spacial score (nSPS) is 25.2. The molecule has 1 aliphatic carbocycles. The van der Waals surface area contributed by atoms with Gasteiger partial charge in [0.25, 0.3) is 5.91 Å². The Bertz CT molecular complexity index is 685. The van der Waals surface area contributed by atoms with Gasteiger partial charge in [-0.25, -0.2) is 0 Å². The molecular weight excluding hydrogens is 434 g/mol. The highest BCUT2D eigenvalue weighted by Crippen LogP contribution is 2.39. The van der Waals surface area contributed by atoms with E-state index in [0.29, 0.717) is 18.8 Å². The number of nitrogens with one attached hydrogen (secondary N) is 1. The molecule has 6 heteroatoms. The Morgan fingerprint density at radius 2 is 1.97 bits per heavy atom. The van der Waals surface area contributed by atoms with Gasteiger partial charge in [0.05, 0.1) is 0 Å². The van der Waals surface area contributed by atoms with E-state index in [0.717, 1.165) is 42.1 Å². The maximum Gasteiger partial charge on any atom is 0.286 e. The molecule has 0 aromatic heterocycles. The molecule has 2 aliphatic rings. The van der Waals surface area contributed by atoms with E-state index in [1.165, 1.54) is 6.42 Å². The molecule has 3 atom stereocenters. The van der Waals surface area contributed by atoms with Crippen LogP contribution < -0.4 is 5.32 Å². The number of rotatable bonds is 8. The number of ether oxygens (including phenoxy) is 2. The van der Waals surface area contributed by atoms with Crippen LogP contribution >= 0.6 is 15.9 Å². The lowest BCUT2D eigenvalue weighted by Crippen LogP contribution is -2.42. The lowest BCUT2D eigenvalue weighted by atomic mass is 9.80. The van der Waals surface area contributed by atoms with Crippen molar-refractivity contribution in [1.82, 2.24) is 5.32 Å². The molecule has 0 bridgehead atoms. The highest BCUT2D eigenvalue weighted by atomic mass is 79.9. The van der Waals surface area contributed by atoms with E-state index in [1.807, 2.05) is 25.1 Å². The minimum Gasteiger partial charge on any atom is -0.459 e. The van der Waals surface area contributed by atoms with Crippen molar-refractivity contribution in [3.05, 3.63) is 46.1 Å². The summed E-state index contributed by atoms with van der Waals surface area (Å²) in [5.74, 6) is 0.230. The molecule has 1 aliphatic heterocycles. The summed E-state index contributed by atoms with van der Waals surface area (Å²) in [5, 5.41) is 12.5. The van der Waals surface area contributed by atoms with E-state index in [9.17, 15) is 9.90 Å². The molecule has 0 spiro atoms. The standard InChI is InChI=1S/C23H32BrNO4/c1-2-28-23-19(9-6-14-26)20(16-10-12-17(24)13-11-16)15-21(29-23)22(27)25-18-7-4-3-5-8-18/h10-13,15,18-20,23,26H,2-9,14H2,1H3,(H,25,27)/t19-,20+,23+/m1/s1. The maximum atomic E-state index is 13.0. The predicted octanol–water partition coefficient (Wildman–Crippen LogP) is 4.65. The first kappa shape index (κ1) is 22.3. The minimum absolute atomic E-state index is 0.00736. The molecule has 2 N–H and O–H groups in total. The van der Waals surface area contributed by atoms with Gasteiger partial charge in [-0.3, -0.25) is 4.79 Å².